The molecule has 9 heteroatoms. The minimum atomic E-state index is -4.00. The number of ether oxygens (including phenoxy) is 1. The zero-order valence-corrected chi connectivity index (χ0v) is 20.1. The Morgan fingerprint density at radius 2 is 1.91 bits per heavy atom. The molecule has 0 unspecified atom stereocenters. The number of sulfonamides is 1. The van der Waals surface area contributed by atoms with Gasteiger partial charge in [0, 0.05) is 30.2 Å². The van der Waals surface area contributed by atoms with Crippen LogP contribution in [0.4, 0.5) is 5.69 Å². The van der Waals surface area contributed by atoms with Gasteiger partial charge in [-0.1, -0.05) is 12.1 Å². The van der Waals surface area contributed by atoms with E-state index in [1.54, 1.807) is 20.8 Å². The number of carbonyl (C=O) groups is 2. The molecule has 0 bridgehead atoms. The minimum Gasteiger partial charge on any atom is -0.462 e. The van der Waals surface area contributed by atoms with E-state index < -0.39 is 21.9 Å². The summed E-state index contributed by atoms with van der Waals surface area (Å²) in [6.45, 7) is 9.36. The van der Waals surface area contributed by atoms with Crippen molar-refractivity contribution >= 4 is 27.6 Å². The van der Waals surface area contributed by atoms with Crippen molar-refractivity contribution in [3.05, 3.63) is 46.3 Å². The molecule has 1 atom stereocenters. The molecule has 1 aromatic carbocycles. The van der Waals surface area contributed by atoms with Crippen LogP contribution in [0.3, 0.4) is 0 Å². The van der Waals surface area contributed by atoms with Crippen molar-refractivity contribution in [2.24, 2.45) is 5.92 Å². The third kappa shape index (κ3) is 4.59. The second-order valence-corrected chi connectivity index (χ2v) is 10.1. The zero-order chi connectivity index (χ0) is 23.6. The molecule has 174 valence electrons. The maximum Gasteiger partial charge on any atom is 0.341 e. The molecule has 2 aromatic rings. The summed E-state index contributed by atoms with van der Waals surface area (Å²) in [7, 11) is -4.00. The number of benzene rings is 1. The summed E-state index contributed by atoms with van der Waals surface area (Å²) in [4.78, 5) is 28.3. The van der Waals surface area contributed by atoms with E-state index in [9.17, 15) is 18.0 Å². The number of nitrogens with one attached hydrogen (secondary N) is 2. The molecule has 1 saturated heterocycles. The van der Waals surface area contributed by atoms with Crippen LogP contribution in [-0.4, -0.2) is 49.3 Å². The van der Waals surface area contributed by atoms with Crippen LogP contribution < -0.4 is 5.32 Å². The van der Waals surface area contributed by atoms with E-state index in [0.717, 1.165) is 16.8 Å². The van der Waals surface area contributed by atoms with Gasteiger partial charge in [0.2, 0.25) is 15.9 Å². The number of piperidine rings is 1. The Hall–Kier alpha value is -2.65. The van der Waals surface area contributed by atoms with Gasteiger partial charge in [-0.05, 0) is 64.7 Å². The molecule has 0 aliphatic carbocycles. The zero-order valence-electron chi connectivity index (χ0n) is 19.2. The Morgan fingerprint density at radius 3 is 2.59 bits per heavy atom. The quantitative estimate of drug-likeness (QED) is 0.641. The fourth-order valence-electron chi connectivity index (χ4n) is 4.15. The third-order valence-electron chi connectivity index (χ3n) is 6.01. The van der Waals surface area contributed by atoms with Crippen molar-refractivity contribution in [3.8, 4) is 0 Å². The number of anilines is 1. The molecule has 0 saturated carbocycles. The van der Waals surface area contributed by atoms with Gasteiger partial charge >= 0.3 is 5.97 Å². The number of hydrogen-bond donors (Lipinski definition) is 2. The monoisotopic (exact) mass is 461 g/mol. The van der Waals surface area contributed by atoms with Crippen LogP contribution in [0.5, 0.6) is 0 Å². The minimum absolute atomic E-state index is 0.0336. The van der Waals surface area contributed by atoms with Gasteiger partial charge in [0.1, 0.15) is 10.5 Å². The summed E-state index contributed by atoms with van der Waals surface area (Å²) in [6.07, 6.45) is 1.15. The van der Waals surface area contributed by atoms with Crippen molar-refractivity contribution in [3.63, 3.8) is 0 Å². The lowest BCUT2D eigenvalue weighted by molar-refractivity contribution is -0.120. The highest BCUT2D eigenvalue weighted by atomic mass is 32.2. The van der Waals surface area contributed by atoms with E-state index in [-0.39, 0.29) is 29.5 Å². The standard InChI is InChI=1S/C23H31N3O5S/c1-6-31-23(28)20-16(4)24-17(5)21(20)32(29,30)26-12-8-10-18(13-26)22(27)25-19-11-7-9-14(2)15(19)3/h7,9,11,18,24H,6,8,10,12-13H2,1-5H3,(H,25,27)/t18-/m0/s1. The van der Waals surface area contributed by atoms with Gasteiger partial charge in [0.25, 0.3) is 0 Å². The molecule has 0 radical (unpaired) electrons. The SMILES string of the molecule is CCOC(=O)c1c(C)[nH]c(C)c1S(=O)(=O)N1CCC[C@H](C(=O)Nc2cccc(C)c2C)C1. The first-order valence-corrected chi connectivity index (χ1v) is 12.2. The Morgan fingerprint density at radius 1 is 1.19 bits per heavy atom. The van der Waals surface area contributed by atoms with Crippen LogP contribution >= 0.6 is 0 Å². The van der Waals surface area contributed by atoms with Gasteiger partial charge in [-0.15, -0.1) is 0 Å². The predicted octanol–water partition coefficient (Wildman–Crippen LogP) is 3.46. The van der Waals surface area contributed by atoms with Gasteiger partial charge in [-0.25, -0.2) is 13.2 Å². The molecule has 32 heavy (non-hydrogen) atoms. The Labute approximate surface area is 189 Å². The summed E-state index contributed by atoms with van der Waals surface area (Å²) in [5, 5.41) is 2.95. The first-order chi connectivity index (χ1) is 15.1. The predicted molar refractivity (Wildman–Crippen MR) is 122 cm³/mol. The number of H-pyrrole nitrogens is 1. The molecular weight excluding hydrogens is 430 g/mol. The second kappa shape index (κ2) is 9.46. The van der Waals surface area contributed by atoms with E-state index in [0.29, 0.717) is 30.8 Å². The van der Waals surface area contributed by atoms with Crippen LogP contribution in [0, 0.1) is 33.6 Å². The number of amides is 1. The molecule has 1 fully saturated rings. The molecule has 1 aromatic heterocycles. The second-order valence-electron chi connectivity index (χ2n) is 8.24. The molecule has 0 spiro atoms. The average molecular weight is 462 g/mol. The fraction of sp³-hybridized carbons (Fsp3) is 0.478. The van der Waals surface area contributed by atoms with Crippen molar-refractivity contribution < 1.29 is 22.7 Å². The number of nitrogens with zero attached hydrogens (tertiary/aromatic N) is 1. The van der Waals surface area contributed by atoms with E-state index in [1.807, 2.05) is 32.0 Å². The topological polar surface area (TPSA) is 109 Å². The summed E-state index contributed by atoms with van der Waals surface area (Å²) >= 11 is 0. The summed E-state index contributed by atoms with van der Waals surface area (Å²) in [5.41, 5.74) is 3.65. The fourth-order valence-corrected chi connectivity index (χ4v) is 6.09. The van der Waals surface area contributed by atoms with Gasteiger partial charge in [0.15, 0.2) is 0 Å². The molecule has 2 N–H and O–H groups in total. The number of carbonyl (C=O) groups excluding carboxylic acids is 2. The average Bonchev–Trinajstić information content (AvgIpc) is 3.06. The number of hydrogen-bond acceptors (Lipinski definition) is 5. The van der Waals surface area contributed by atoms with Gasteiger partial charge in [-0.2, -0.15) is 4.31 Å². The van der Waals surface area contributed by atoms with E-state index in [4.69, 9.17) is 4.74 Å². The molecular formula is C23H31N3O5S. The maximum absolute atomic E-state index is 13.5. The van der Waals surface area contributed by atoms with E-state index in [2.05, 4.69) is 10.3 Å². The van der Waals surface area contributed by atoms with E-state index >= 15 is 0 Å². The van der Waals surface area contributed by atoms with Gasteiger partial charge in [0.05, 0.1) is 12.5 Å². The summed E-state index contributed by atoms with van der Waals surface area (Å²) in [5.74, 6) is -1.36. The van der Waals surface area contributed by atoms with Gasteiger partial charge in [-0.3, -0.25) is 4.79 Å². The van der Waals surface area contributed by atoms with Crippen LogP contribution in [0.25, 0.3) is 0 Å². The number of esters is 1. The Bertz CT molecular complexity index is 1140. The highest BCUT2D eigenvalue weighted by Gasteiger charge is 2.38. The lowest BCUT2D eigenvalue weighted by Crippen LogP contribution is -2.44. The maximum atomic E-state index is 13.5. The van der Waals surface area contributed by atoms with Crippen molar-refractivity contribution in [1.82, 2.24) is 9.29 Å². The summed E-state index contributed by atoms with van der Waals surface area (Å²) in [6, 6.07) is 5.70. The van der Waals surface area contributed by atoms with Crippen LogP contribution in [-0.2, 0) is 19.6 Å². The number of aryl methyl sites for hydroxylation is 3. The van der Waals surface area contributed by atoms with Crippen LogP contribution in [0.2, 0.25) is 0 Å². The van der Waals surface area contributed by atoms with Crippen molar-refractivity contribution in [2.45, 2.75) is 52.4 Å². The number of aromatic amines is 1. The number of rotatable bonds is 6. The summed E-state index contributed by atoms with van der Waals surface area (Å²) < 4.78 is 33.5. The molecule has 1 amide bonds. The van der Waals surface area contributed by atoms with Crippen molar-refractivity contribution in [2.75, 3.05) is 25.0 Å². The Kier molecular flexibility index (Phi) is 7.09. The smallest absolute Gasteiger partial charge is 0.341 e. The lowest BCUT2D eigenvalue weighted by atomic mass is 9.98. The normalized spacial score (nSPS) is 17.2. The molecule has 3 rings (SSSR count). The first kappa shape index (κ1) is 24.0. The molecule has 8 nitrogen and oxygen atoms in total. The largest absolute Gasteiger partial charge is 0.462 e. The van der Waals surface area contributed by atoms with Crippen LogP contribution in [0.1, 0.15) is 52.6 Å². The first-order valence-electron chi connectivity index (χ1n) is 10.8. The molecule has 1 aliphatic heterocycles. The highest BCUT2D eigenvalue weighted by Crippen LogP contribution is 2.31. The lowest BCUT2D eigenvalue weighted by Gasteiger charge is -2.31. The van der Waals surface area contributed by atoms with Crippen LogP contribution in [0.15, 0.2) is 23.1 Å². The van der Waals surface area contributed by atoms with Gasteiger partial charge < -0.3 is 15.0 Å². The van der Waals surface area contributed by atoms with E-state index in [1.165, 1.54) is 4.31 Å². The third-order valence-corrected chi connectivity index (χ3v) is 8.05. The number of aromatic nitrogens is 1. The van der Waals surface area contributed by atoms with Crippen molar-refractivity contribution in [1.29, 1.82) is 0 Å². The Balaban J connectivity index is 1.85. The highest BCUT2D eigenvalue weighted by molar-refractivity contribution is 7.89. The molecule has 1 aliphatic rings. The molecule has 2 heterocycles.